The number of amides is 2. The number of hydrogen-bond acceptors (Lipinski definition) is 4. The zero-order valence-corrected chi connectivity index (χ0v) is 17.8. The van der Waals surface area contributed by atoms with Gasteiger partial charge in [0.15, 0.2) is 0 Å². The number of benzene rings is 2. The molecule has 0 saturated heterocycles. The molecule has 2 amide bonds. The van der Waals surface area contributed by atoms with E-state index < -0.39 is 0 Å². The Morgan fingerprint density at radius 1 is 1.20 bits per heavy atom. The minimum absolute atomic E-state index is 0.0553. The number of allylic oxidation sites excluding steroid dienone is 2. The van der Waals surface area contributed by atoms with Gasteiger partial charge in [-0.2, -0.15) is 0 Å². The standard InChI is InChI=1S/C24H24N2O3S/c1-15(12-16-6-5-7-18(27)13-16)26(2)24(29)17-10-11-22-20(14-17)25-23(28)19-8-3-4-9-21(19)30-22/h5-11,13-15,27H,3-4,12H2,1-2H3,(H,25,28). The van der Waals surface area contributed by atoms with Gasteiger partial charge in [-0.3, -0.25) is 9.59 Å². The average Bonchev–Trinajstić information content (AvgIpc) is 2.88. The van der Waals surface area contributed by atoms with Crippen LogP contribution in [0.4, 0.5) is 5.69 Å². The number of thioether (sulfide) groups is 1. The predicted octanol–water partition coefficient (Wildman–Crippen LogP) is 4.74. The number of anilines is 1. The fraction of sp³-hybridized carbons (Fsp3) is 0.250. The third-order valence-electron chi connectivity index (χ3n) is 5.47. The van der Waals surface area contributed by atoms with Gasteiger partial charge in [-0.25, -0.2) is 0 Å². The number of carbonyl (C=O) groups excluding carboxylic acids is 2. The molecule has 1 aliphatic carbocycles. The van der Waals surface area contributed by atoms with E-state index in [1.165, 1.54) is 0 Å². The zero-order chi connectivity index (χ0) is 21.3. The van der Waals surface area contributed by atoms with Crippen molar-refractivity contribution in [1.29, 1.82) is 0 Å². The number of likely N-dealkylation sites (N-methyl/N-ethyl adjacent to an activating group) is 1. The second-order valence-corrected chi connectivity index (χ2v) is 8.75. The van der Waals surface area contributed by atoms with Crippen LogP contribution in [-0.2, 0) is 11.2 Å². The van der Waals surface area contributed by atoms with Crippen molar-refractivity contribution in [3.63, 3.8) is 0 Å². The SMILES string of the molecule is CC(Cc1cccc(O)c1)N(C)C(=O)c1ccc2c(c1)NC(=O)C1=CCCC=C1S2. The summed E-state index contributed by atoms with van der Waals surface area (Å²) in [5.74, 6) is -0.00864. The molecule has 5 nitrogen and oxygen atoms in total. The second kappa shape index (κ2) is 8.40. The van der Waals surface area contributed by atoms with Crippen LogP contribution in [0.15, 0.2) is 70.0 Å². The number of phenols is 1. The van der Waals surface area contributed by atoms with Crippen molar-refractivity contribution in [3.05, 3.63) is 76.2 Å². The molecule has 2 aromatic rings. The molecular formula is C24H24N2O3S. The van der Waals surface area contributed by atoms with Crippen LogP contribution in [0.1, 0.15) is 35.7 Å². The Morgan fingerprint density at radius 3 is 2.80 bits per heavy atom. The van der Waals surface area contributed by atoms with Crippen molar-refractivity contribution in [2.45, 2.75) is 37.1 Å². The fourth-order valence-corrected chi connectivity index (χ4v) is 4.76. The van der Waals surface area contributed by atoms with E-state index in [4.69, 9.17) is 0 Å². The first-order valence-corrected chi connectivity index (χ1v) is 10.8. The summed E-state index contributed by atoms with van der Waals surface area (Å²) in [6.07, 6.45) is 6.52. The average molecular weight is 421 g/mol. The molecule has 1 aliphatic heterocycles. The van der Waals surface area contributed by atoms with Gasteiger partial charge < -0.3 is 15.3 Å². The van der Waals surface area contributed by atoms with Gasteiger partial charge in [-0.05, 0) is 62.1 Å². The molecule has 0 fully saturated rings. The van der Waals surface area contributed by atoms with E-state index in [9.17, 15) is 14.7 Å². The normalized spacial score (nSPS) is 16.3. The summed E-state index contributed by atoms with van der Waals surface area (Å²) in [5, 5.41) is 12.6. The molecule has 0 spiro atoms. The molecule has 1 heterocycles. The molecule has 0 saturated carbocycles. The number of phenolic OH excluding ortho intramolecular Hbond substituents is 1. The van der Waals surface area contributed by atoms with Gasteiger partial charge in [-0.15, -0.1) is 0 Å². The second-order valence-electron chi connectivity index (χ2n) is 7.67. The molecule has 4 rings (SSSR count). The first-order valence-electron chi connectivity index (χ1n) is 10.0. The largest absolute Gasteiger partial charge is 0.508 e. The molecule has 30 heavy (non-hydrogen) atoms. The van der Waals surface area contributed by atoms with Gasteiger partial charge in [0.1, 0.15) is 5.75 Å². The van der Waals surface area contributed by atoms with Crippen molar-refractivity contribution < 1.29 is 14.7 Å². The van der Waals surface area contributed by atoms with E-state index in [-0.39, 0.29) is 23.6 Å². The van der Waals surface area contributed by atoms with Gasteiger partial charge in [0.25, 0.3) is 11.8 Å². The van der Waals surface area contributed by atoms with Crippen LogP contribution in [0.25, 0.3) is 0 Å². The number of aromatic hydroxyl groups is 1. The van der Waals surface area contributed by atoms with Crippen molar-refractivity contribution in [1.82, 2.24) is 4.90 Å². The van der Waals surface area contributed by atoms with E-state index in [0.29, 0.717) is 23.2 Å². The van der Waals surface area contributed by atoms with E-state index >= 15 is 0 Å². The Balaban J connectivity index is 1.53. The van der Waals surface area contributed by atoms with Crippen molar-refractivity contribution in [2.75, 3.05) is 12.4 Å². The third-order valence-corrected chi connectivity index (χ3v) is 6.66. The highest BCUT2D eigenvalue weighted by atomic mass is 32.2. The highest BCUT2D eigenvalue weighted by molar-refractivity contribution is 8.03. The number of carbonyl (C=O) groups is 2. The van der Waals surface area contributed by atoms with Gasteiger partial charge in [0.2, 0.25) is 0 Å². The van der Waals surface area contributed by atoms with Gasteiger partial charge in [0.05, 0.1) is 5.69 Å². The lowest BCUT2D eigenvalue weighted by Gasteiger charge is -2.25. The van der Waals surface area contributed by atoms with E-state index in [0.717, 1.165) is 28.2 Å². The Morgan fingerprint density at radius 2 is 2.00 bits per heavy atom. The maximum atomic E-state index is 13.1. The van der Waals surface area contributed by atoms with Crippen LogP contribution in [0.3, 0.4) is 0 Å². The minimum atomic E-state index is -0.123. The lowest BCUT2D eigenvalue weighted by molar-refractivity contribution is -0.112. The summed E-state index contributed by atoms with van der Waals surface area (Å²) in [6, 6.07) is 12.5. The molecule has 1 unspecified atom stereocenters. The van der Waals surface area contributed by atoms with Crippen molar-refractivity contribution in [2.24, 2.45) is 0 Å². The summed E-state index contributed by atoms with van der Waals surface area (Å²) >= 11 is 1.56. The van der Waals surface area contributed by atoms with Crippen LogP contribution in [-0.4, -0.2) is 34.9 Å². The number of nitrogens with zero attached hydrogens (tertiary/aromatic N) is 1. The van der Waals surface area contributed by atoms with Crippen LogP contribution in [0, 0.1) is 0 Å². The van der Waals surface area contributed by atoms with Gasteiger partial charge >= 0.3 is 0 Å². The molecular weight excluding hydrogens is 396 g/mol. The molecule has 2 N–H and O–H groups in total. The summed E-state index contributed by atoms with van der Waals surface area (Å²) < 4.78 is 0. The molecule has 0 radical (unpaired) electrons. The molecule has 0 bridgehead atoms. The first kappa shape index (κ1) is 20.3. The Bertz CT molecular complexity index is 1070. The monoisotopic (exact) mass is 420 g/mol. The Labute approximate surface area is 180 Å². The number of rotatable bonds is 4. The topological polar surface area (TPSA) is 69.6 Å². The lowest BCUT2D eigenvalue weighted by Crippen LogP contribution is -2.36. The molecule has 0 aromatic heterocycles. The maximum absolute atomic E-state index is 13.1. The first-order chi connectivity index (χ1) is 14.4. The van der Waals surface area contributed by atoms with E-state index in [2.05, 4.69) is 11.4 Å². The molecule has 1 atom stereocenters. The zero-order valence-electron chi connectivity index (χ0n) is 17.0. The quantitative estimate of drug-likeness (QED) is 0.749. The molecule has 2 aliphatic rings. The summed E-state index contributed by atoms with van der Waals surface area (Å²) in [4.78, 5) is 29.3. The maximum Gasteiger partial charge on any atom is 0.256 e. The summed E-state index contributed by atoms with van der Waals surface area (Å²) in [6.45, 7) is 1.98. The minimum Gasteiger partial charge on any atom is -0.508 e. The van der Waals surface area contributed by atoms with Crippen LogP contribution < -0.4 is 5.32 Å². The Kier molecular flexibility index (Phi) is 5.68. The van der Waals surface area contributed by atoms with Crippen molar-refractivity contribution in [3.8, 4) is 5.75 Å². The predicted molar refractivity (Wildman–Crippen MR) is 120 cm³/mol. The highest BCUT2D eigenvalue weighted by Gasteiger charge is 2.25. The fourth-order valence-electron chi connectivity index (χ4n) is 3.68. The van der Waals surface area contributed by atoms with Crippen molar-refractivity contribution >= 4 is 29.3 Å². The third kappa shape index (κ3) is 4.14. The Hall–Kier alpha value is -2.99. The van der Waals surface area contributed by atoms with Gasteiger partial charge in [0, 0.05) is 34.0 Å². The number of nitrogens with one attached hydrogen (secondary N) is 1. The van der Waals surface area contributed by atoms with Crippen LogP contribution in [0.5, 0.6) is 5.75 Å². The van der Waals surface area contributed by atoms with Gasteiger partial charge in [-0.1, -0.05) is 36.0 Å². The van der Waals surface area contributed by atoms with E-state index in [1.54, 1.807) is 48.0 Å². The molecule has 6 heteroatoms. The van der Waals surface area contributed by atoms with Crippen LogP contribution in [0.2, 0.25) is 0 Å². The smallest absolute Gasteiger partial charge is 0.256 e. The van der Waals surface area contributed by atoms with Crippen LogP contribution >= 0.6 is 11.8 Å². The summed E-state index contributed by atoms with van der Waals surface area (Å²) in [7, 11) is 1.78. The summed E-state index contributed by atoms with van der Waals surface area (Å²) in [5.41, 5.74) is 2.89. The number of hydrogen-bond donors (Lipinski definition) is 2. The highest BCUT2D eigenvalue weighted by Crippen LogP contribution is 2.42. The molecule has 154 valence electrons. The van der Waals surface area contributed by atoms with E-state index in [1.807, 2.05) is 31.2 Å². The number of fused-ring (bicyclic) bond motifs is 2. The lowest BCUT2D eigenvalue weighted by atomic mass is 10.0. The molecule has 2 aromatic carbocycles.